The van der Waals surface area contributed by atoms with Crippen molar-refractivity contribution in [1.82, 2.24) is 9.97 Å². The number of rotatable bonds is 3. The van der Waals surface area contributed by atoms with Gasteiger partial charge in [-0.25, -0.2) is 18.4 Å². The van der Waals surface area contributed by atoms with Crippen molar-refractivity contribution >= 4 is 38.4 Å². The van der Waals surface area contributed by atoms with E-state index in [0.717, 1.165) is 3.57 Å². The van der Waals surface area contributed by atoms with Gasteiger partial charge in [0, 0.05) is 16.0 Å². The monoisotopic (exact) mass is 386 g/mol. The number of pyridine rings is 2. The highest BCUT2D eigenvalue weighted by molar-refractivity contribution is 14.1. The summed E-state index contributed by atoms with van der Waals surface area (Å²) in [4.78, 5) is 7.49. The maximum atomic E-state index is 12.1. The summed E-state index contributed by atoms with van der Waals surface area (Å²) < 4.78 is 27.4. The first-order chi connectivity index (χ1) is 9.03. The Hall–Kier alpha value is -1.73. The molecule has 0 radical (unpaired) electrons. The number of nitriles is 1. The molecule has 6 nitrogen and oxygen atoms in total. The van der Waals surface area contributed by atoms with Gasteiger partial charge in [-0.2, -0.15) is 5.26 Å². The summed E-state index contributed by atoms with van der Waals surface area (Å²) >= 11 is 2.06. The molecule has 8 heteroatoms. The highest BCUT2D eigenvalue weighted by Gasteiger charge is 2.19. The second kappa shape index (κ2) is 5.50. The van der Waals surface area contributed by atoms with E-state index in [1.807, 2.05) is 0 Å². The van der Waals surface area contributed by atoms with Crippen molar-refractivity contribution in [2.45, 2.75) is 4.90 Å². The Labute approximate surface area is 123 Å². The van der Waals surface area contributed by atoms with Crippen LogP contribution in [0.15, 0.2) is 41.6 Å². The Morgan fingerprint density at radius 3 is 2.68 bits per heavy atom. The van der Waals surface area contributed by atoms with E-state index in [0.29, 0.717) is 0 Å². The minimum atomic E-state index is -3.87. The number of halogens is 1. The van der Waals surface area contributed by atoms with Gasteiger partial charge < -0.3 is 0 Å². The van der Waals surface area contributed by atoms with Crippen LogP contribution in [0, 0.1) is 14.9 Å². The third-order valence-corrected chi connectivity index (χ3v) is 4.16. The first kappa shape index (κ1) is 13.7. The molecule has 0 aromatic carbocycles. The van der Waals surface area contributed by atoms with Crippen LogP contribution in [-0.2, 0) is 10.0 Å². The highest BCUT2D eigenvalue weighted by atomic mass is 127. The minimum Gasteiger partial charge on any atom is -0.263 e. The van der Waals surface area contributed by atoms with E-state index in [-0.39, 0.29) is 16.4 Å². The van der Waals surface area contributed by atoms with E-state index in [1.165, 1.54) is 24.5 Å². The molecule has 19 heavy (non-hydrogen) atoms. The lowest BCUT2D eigenvalue weighted by molar-refractivity contribution is 0.600. The molecular formula is C11H7IN4O2S. The third-order valence-electron chi connectivity index (χ3n) is 2.13. The summed E-state index contributed by atoms with van der Waals surface area (Å²) in [6.45, 7) is 0. The summed E-state index contributed by atoms with van der Waals surface area (Å²) in [6, 6.07) is 7.79. The predicted octanol–water partition coefficient (Wildman–Crippen LogP) is 1.75. The van der Waals surface area contributed by atoms with Gasteiger partial charge in [0.05, 0.1) is 0 Å². The third kappa shape index (κ3) is 3.18. The Kier molecular flexibility index (Phi) is 3.96. The van der Waals surface area contributed by atoms with Crippen LogP contribution in [0.2, 0.25) is 0 Å². The summed E-state index contributed by atoms with van der Waals surface area (Å²) in [5.41, 5.74) is -0.152. The van der Waals surface area contributed by atoms with Gasteiger partial charge in [0.25, 0.3) is 10.0 Å². The van der Waals surface area contributed by atoms with Crippen LogP contribution in [0.4, 0.5) is 5.82 Å². The van der Waals surface area contributed by atoms with E-state index in [2.05, 4.69) is 37.3 Å². The van der Waals surface area contributed by atoms with Gasteiger partial charge >= 0.3 is 0 Å². The van der Waals surface area contributed by atoms with E-state index >= 15 is 0 Å². The lowest BCUT2D eigenvalue weighted by atomic mass is 10.4. The summed E-state index contributed by atoms with van der Waals surface area (Å²) in [5.74, 6) is 0.188. The molecule has 1 N–H and O–H groups in total. The van der Waals surface area contributed by atoms with Gasteiger partial charge in [-0.1, -0.05) is 0 Å². The van der Waals surface area contributed by atoms with E-state index in [9.17, 15) is 8.42 Å². The second-order valence-electron chi connectivity index (χ2n) is 3.43. The molecule has 0 bridgehead atoms. The van der Waals surface area contributed by atoms with Crippen molar-refractivity contribution < 1.29 is 8.42 Å². The Balaban J connectivity index is 2.38. The molecule has 0 aliphatic rings. The molecule has 2 rings (SSSR count). The molecule has 0 spiro atoms. The van der Waals surface area contributed by atoms with Gasteiger partial charge in [-0.3, -0.25) is 4.72 Å². The number of anilines is 1. The van der Waals surface area contributed by atoms with Gasteiger partial charge in [0.15, 0.2) is 5.69 Å². The molecule has 0 fully saturated rings. The van der Waals surface area contributed by atoms with Gasteiger partial charge in [0.2, 0.25) is 0 Å². The molecule has 0 saturated carbocycles. The second-order valence-corrected chi connectivity index (χ2v) is 6.33. The Bertz CT molecular complexity index is 738. The average Bonchev–Trinajstić information content (AvgIpc) is 2.41. The molecule has 0 amide bonds. The lowest BCUT2D eigenvalue weighted by Crippen LogP contribution is -2.15. The zero-order chi connectivity index (χ0) is 13.9. The number of hydrogen-bond acceptors (Lipinski definition) is 5. The van der Waals surface area contributed by atoms with Crippen LogP contribution >= 0.6 is 22.6 Å². The molecule has 2 heterocycles. The number of aromatic nitrogens is 2. The fraction of sp³-hybridized carbons (Fsp3) is 0. The standard InChI is InChI=1S/C11H7IN4O2S/c12-8-3-4-11(15-7-8)16-19(17,18)10-2-1-5-14-9(10)6-13/h1-5,7H,(H,15,16). The largest absolute Gasteiger partial charge is 0.265 e. The quantitative estimate of drug-likeness (QED) is 0.811. The van der Waals surface area contributed by atoms with Crippen LogP contribution < -0.4 is 4.72 Å². The van der Waals surface area contributed by atoms with E-state index in [4.69, 9.17) is 5.26 Å². The van der Waals surface area contributed by atoms with Crippen LogP contribution in [0.3, 0.4) is 0 Å². The van der Waals surface area contributed by atoms with Gasteiger partial charge in [-0.05, 0) is 46.9 Å². The van der Waals surface area contributed by atoms with Gasteiger partial charge in [0.1, 0.15) is 16.8 Å². The number of nitrogens with one attached hydrogen (secondary N) is 1. The first-order valence-electron chi connectivity index (χ1n) is 5.02. The van der Waals surface area contributed by atoms with Crippen molar-refractivity contribution in [2.24, 2.45) is 0 Å². The maximum absolute atomic E-state index is 12.1. The highest BCUT2D eigenvalue weighted by Crippen LogP contribution is 2.16. The number of sulfonamides is 1. The zero-order valence-electron chi connectivity index (χ0n) is 9.41. The molecular weight excluding hydrogens is 379 g/mol. The van der Waals surface area contributed by atoms with Crippen LogP contribution in [0.5, 0.6) is 0 Å². The molecule has 96 valence electrons. The average molecular weight is 386 g/mol. The number of nitrogens with zero attached hydrogens (tertiary/aromatic N) is 3. The Morgan fingerprint density at radius 2 is 2.05 bits per heavy atom. The lowest BCUT2D eigenvalue weighted by Gasteiger charge is -2.07. The maximum Gasteiger partial charge on any atom is 0.265 e. The van der Waals surface area contributed by atoms with Crippen molar-refractivity contribution in [3.05, 3.63) is 45.9 Å². The fourth-order valence-electron chi connectivity index (χ4n) is 1.32. The smallest absolute Gasteiger partial charge is 0.263 e. The Morgan fingerprint density at radius 1 is 1.26 bits per heavy atom. The minimum absolute atomic E-state index is 0.152. The van der Waals surface area contributed by atoms with Crippen molar-refractivity contribution in [3.63, 3.8) is 0 Å². The van der Waals surface area contributed by atoms with Crippen LogP contribution in [0.1, 0.15) is 5.69 Å². The summed E-state index contributed by atoms with van der Waals surface area (Å²) in [5, 5.41) is 8.86. The molecule has 0 unspecified atom stereocenters. The normalized spacial score (nSPS) is 10.7. The molecule has 0 aliphatic heterocycles. The molecule has 0 saturated heterocycles. The van der Waals surface area contributed by atoms with Crippen LogP contribution in [0.25, 0.3) is 0 Å². The molecule has 2 aromatic heterocycles. The molecule has 0 aliphatic carbocycles. The summed E-state index contributed by atoms with van der Waals surface area (Å²) in [6.07, 6.45) is 2.90. The molecule has 2 aromatic rings. The SMILES string of the molecule is N#Cc1ncccc1S(=O)(=O)Nc1ccc(I)cn1. The van der Waals surface area contributed by atoms with Gasteiger partial charge in [-0.15, -0.1) is 0 Å². The zero-order valence-corrected chi connectivity index (χ0v) is 12.4. The van der Waals surface area contributed by atoms with E-state index < -0.39 is 10.0 Å². The summed E-state index contributed by atoms with van der Waals surface area (Å²) in [7, 11) is -3.87. The van der Waals surface area contributed by atoms with Crippen molar-refractivity contribution in [2.75, 3.05) is 4.72 Å². The first-order valence-corrected chi connectivity index (χ1v) is 7.58. The number of hydrogen-bond donors (Lipinski definition) is 1. The topological polar surface area (TPSA) is 95.7 Å². The predicted molar refractivity (Wildman–Crippen MR) is 76.7 cm³/mol. The fourth-order valence-corrected chi connectivity index (χ4v) is 2.76. The van der Waals surface area contributed by atoms with Crippen molar-refractivity contribution in [1.29, 1.82) is 5.26 Å². The molecule has 0 atom stereocenters. The van der Waals surface area contributed by atoms with Crippen LogP contribution in [-0.4, -0.2) is 18.4 Å². The van der Waals surface area contributed by atoms with Crippen molar-refractivity contribution in [3.8, 4) is 6.07 Å². The van der Waals surface area contributed by atoms with E-state index in [1.54, 1.807) is 18.2 Å².